The molecule has 0 spiro atoms. The monoisotopic (exact) mass is 454 g/mol. The lowest BCUT2D eigenvalue weighted by atomic mass is 10.1. The lowest BCUT2D eigenvalue weighted by Crippen LogP contribution is -2.15. The summed E-state index contributed by atoms with van der Waals surface area (Å²) in [6.07, 6.45) is 0. The standard InChI is InChI=1S/C20H15ClN6O3S/c21-15-4-2-6-18(12-15)31(29,30)25-17-5-1-3-14(11-17)20(28)22-16-9-7-13(8-10-16)19-23-26-27-24-19/h1-12,25H,(H,22,28)(H,23,24,26,27). The van der Waals surface area contributed by atoms with Crippen molar-refractivity contribution < 1.29 is 13.2 Å². The largest absolute Gasteiger partial charge is 0.322 e. The Labute approximate surface area is 182 Å². The fraction of sp³-hybridized carbons (Fsp3) is 0. The quantitative estimate of drug-likeness (QED) is 0.408. The highest BCUT2D eigenvalue weighted by Crippen LogP contribution is 2.21. The van der Waals surface area contributed by atoms with Crippen molar-refractivity contribution >= 4 is 38.9 Å². The Morgan fingerprint density at radius 2 is 1.71 bits per heavy atom. The van der Waals surface area contributed by atoms with Gasteiger partial charge in [-0.2, -0.15) is 5.21 Å². The van der Waals surface area contributed by atoms with Gasteiger partial charge < -0.3 is 5.32 Å². The second-order valence-electron chi connectivity index (χ2n) is 6.41. The fourth-order valence-corrected chi connectivity index (χ4v) is 4.11. The van der Waals surface area contributed by atoms with E-state index in [-0.39, 0.29) is 16.1 Å². The molecule has 3 aromatic carbocycles. The Morgan fingerprint density at radius 3 is 2.42 bits per heavy atom. The molecule has 0 saturated carbocycles. The molecule has 0 unspecified atom stereocenters. The number of hydrogen-bond acceptors (Lipinski definition) is 6. The van der Waals surface area contributed by atoms with E-state index in [4.69, 9.17) is 11.6 Å². The molecule has 156 valence electrons. The number of carbonyl (C=O) groups excluding carboxylic acids is 1. The van der Waals surface area contributed by atoms with Gasteiger partial charge in [0.1, 0.15) is 0 Å². The number of sulfonamides is 1. The predicted octanol–water partition coefficient (Wildman–Crippen LogP) is 3.57. The second-order valence-corrected chi connectivity index (χ2v) is 8.53. The average Bonchev–Trinajstić information content (AvgIpc) is 3.29. The van der Waals surface area contributed by atoms with Crippen molar-refractivity contribution in [2.24, 2.45) is 0 Å². The number of halogens is 1. The van der Waals surface area contributed by atoms with E-state index in [0.717, 1.165) is 5.56 Å². The van der Waals surface area contributed by atoms with Crippen LogP contribution in [0.1, 0.15) is 10.4 Å². The van der Waals surface area contributed by atoms with Crippen LogP contribution in [0.3, 0.4) is 0 Å². The van der Waals surface area contributed by atoms with Gasteiger partial charge in [-0.3, -0.25) is 9.52 Å². The number of H-pyrrole nitrogens is 1. The maximum atomic E-state index is 12.6. The van der Waals surface area contributed by atoms with Gasteiger partial charge in [0.05, 0.1) is 4.90 Å². The van der Waals surface area contributed by atoms with Crippen molar-refractivity contribution in [2.45, 2.75) is 4.90 Å². The van der Waals surface area contributed by atoms with E-state index < -0.39 is 15.9 Å². The zero-order chi connectivity index (χ0) is 21.8. The van der Waals surface area contributed by atoms with Crippen LogP contribution in [0.5, 0.6) is 0 Å². The zero-order valence-electron chi connectivity index (χ0n) is 15.8. The van der Waals surface area contributed by atoms with Crippen LogP contribution in [0.15, 0.2) is 77.7 Å². The summed E-state index contributed by atoms with van der Waals surface area (Å²) in [5.74, 6) is 0.0497. The van der Waals surface area contributed by atoms with Crippen LogP contribution in [0.25, 0.3) is 11.4 Å². The second kappa shape index (κ2) is 8.54. The molecule has 0 aliphatic carbocycles. The first-order chi connectivity index (χ1) is 14.9. The summed E-state index contributed by atoms with van der Waals surface area (Å²) in [6, 6.07) is 19.0. The maximum absolute atomic E-state index is 12.6. The Kier molecular flexibility index (Phi) is 5.65. The maximum Gasteiger partial charge on any atom is 0.261 e. The summed E-state index contributed by atoms with van der Waals surface area (Å²) in [6.45, 7) is 0. The van der Waals surface area contributed by atoms with Gasteiger partial charge in [0, 0.05) is 27.5 Å². The third-order valence-electron chi connectivity index (χ3n) is 4.23. The Bertz CT molecular complexity index is 1330. The third kappa shape index (κ3) is 4.87. The summed E-state index contributed by atoms with van der Waals surface area (Å²) in [5.41, 5.74) is 1.83. The summed E-state index contributed by atoms with van der Waals surface area (Å²) < 4.78 is 27.6. The van der Waals surface area contributed by atoms with Gasteiger partial charge in [-0.15, -0.1) is 10.2 Å². The van der Waals surface area contributed by atoms with Gasteiger partial charge in [-0.25, -0.2) is 8.42 Å². The van der Waals surface area contributed by atoms with E-state index >= 15 is 0 Å². The molecule has 4 aromatic rings. The Hall–Kier alpha value is -3.76. The number of aromatic nitrogens is 4. The number of hydrogen-bond donors (Lipinski definition) is 3. The van der Waals surface area contributed by atoms with Gasteiger partial charge in [0.25, 0.3) is 15.9 Å². The lowest BCUT2D eigenvalue weighted by Gasteiger charge is -2.10. The molecule has 9 nitrogen and oxygen atoms in total. The van der Waals surface area contributed by atoms with Gasteiger partial charge in [0.15, 0.2) is 0 Å². The highest BCUT2D eigenvalue weighted by Gasteiger charge is 2.16. The van der Waals surface area contributed by atoms with E-state index in [2.05, 4.69) is 30.7 Å². The SMILES string of the molecule is O=C(Nc1ccc(-c2nn[nH]n2)cc1)c1cccc(NS(=O)(=O)c2cccc(Cl)c2)c1. The normalized spacial score (nSPS) is 11.1. The van der Waals surface area contributed by atoms with Crippen LogP contribution in [-0.2, 0) is 10.0 Å². The van der Waals surface area contributed by atoms with Crippen LogP contribution in [0, 0.1) is 0 Å². The van der Waals surface area contributed by atoms with Crippen LogP contribution < -0.4 is 10.0 Å². The summed E-state index contributed by atoms with van der Waals surface area (Å²) in [5, 5.41) is 16.7. The average molecular weight is 455 g/mol. The molecule has 1 amide bonds. The molecule has 0 atom stereocenters. The number of rotatable bonds is 6. The van der Waals surface area contributed by atoms with E-state index in [1.54, 1.807) is 54.6 Å². The summed E-state index contributed by atoms with van der Waals surface area (Å²) >= 11 is 5.88. The number of carbonyl (C=O) groups is 1. The molecule has 11 heteroatoms. The topological polar surface area (TPSA) is 130 Å². The van der Waals surface area contributed by atoms with Crippen molar-refractivity contribution in [1.82, 2.24) is 20.6 Å². The molecule has 3 N–H and O–H groups in total. The van der Waals surface area contributed by atoms with Crippen LogP contribution in [-0.4, -0.2) is 34.9 Å². The smallest absolute Gasteiger partial charge is 0.261 e. The zero-order valence-corrected chi connectivity index (χ0v) is 17.4. The van der Waals surface area contributed by atoms with Crippen molar-refractivity contribution in [3.63, 3.8) is 0 Å². The summed E-state index contributed by atoms with van der Waals surface area (Å²) in [4.78, 5) is 12.6. The van der Waals surface area contributed by atoms with Gasteiger partial charge in [-0.05, 0) is 65.9 Å². The minimum atomic E-state index is -3.85. The van der Waals surface area contributed by atoms with E-state index in [1.165, 1.54) is 18.2 Å². The van der Waals surface area contributed by atoms with Crippen LogP contribution >= 0.6 is 11.6 Å². The molecule has 0 aliphatic heterocycles. The highest BCUT2D eigenvalue weighted by molar-refractivity contribution is 7.92. The molecular weight excluding hydrogens is 440 g/mol. The molecular formula is C20H15ClN6O3S. The number of benzene rings is 3. The Morgan fingerprint density at radius 1 is 0.935 bits per heavy atom. The van der Waals surface area contributed by atoms with Crippen LogP contribution in [0.2, 0.25) is 5.02 Å². The minimum Gasteiger partial charge on any atom is -0.322 e. The van der Waals surface area contributed by atoms with Gasteiger partial charge in [-0.1, -0.05) is 23.7 Å². The molecule has 4 rings (SSSR count). The van der Waals surface area contributed by atoms with Gasteiger partial charge in [0.2, 0.25) is 5.82 Å². The Balaban J connectivity index is 1.48. The fourth-order valence-electron chi connectivity index (χ4n) is 2.76. The first-order valence-corrected chi connectivity index (χ1v) is 10.8. The first kappa shape index (κ1) is 20.5. The molecule has 0 fully saturated rings. The molecule has 0 bridgehead atoms. The number of aromatic amines is 1. The number of anilines is 2. The van der Waals surface area contributed by atoms with Crippen molar-refractivity contribution in [3.05, 3.63) is 83.4 Å². The molecule has 1 aromatic heterocycles. The summed E-state index contributed by atoms with van der Waals surface area (Å²) in [7, 11) is -3.85. The van der Waals surface area contributed by atoms with Gasteiger partial charge >= 0.3 is 0 Å². The van der Waals surface area contributed by atoms with Crippen LogP contribution in [0.4, 0.5) is 11.4 Å². The van der Waals surface area contributed by atoms with E-state index in [9.17, 15) is 13.2 Å². The molecule has 31 heavy (non-hydrogen) atoms. The third-order valence-corrected chi connectivity index (χ3v) is 5.84. The number of tetrazole rings is 1. The minimum absolute atomic E-state index is 0.0246. The van der Waals surface area contributed by atoms with Crippen molar-refractivity contribution in [2.75, 3.05) is 10.0 Å². The molecule has 0 radical (unpaired) electrons. The van der Waals surface area contributed by atoms with E-state index in [1.807, 2.05) is 0 Å². The number of nitrogens with zero attached hydrogens (tertiary/aromatic N) is 3. The first-order valence-electron chi connectivity index (χ1n) is 8.94. The number of nitrogens with one attached hydrogen (secondary N) is 3. The lowest BCUT2D eigenvalue weighted by molar-refractivity contribution is 0.102. The number of amides is 1. The van der Waals surface area contributed by atoms with E-state index in [0.29, 0.717) is 16.5 Å². The van der Waals surface area contributed by atoms with Crippen molar-refractivity contribution in [3.8, 4) is 11.4 Å². The highest BCUT2D eigenvalue weighted by atomic mass is 35.5. The van der Waals surface area contributed by atoms with Crippen molar-refractivity contribution in [1.29, 1.82) is 0 Å². The predicted molar refractivity (Wildman–Crippen MR) is 116 cm³/mol. The molecule has 0 saturated heterocycles. The molecule has 1 heterocycles. The molecule has 0 aliphatic rings.